The fourth-order valence-corrected chi connectivity index (χ4v) is 4.35. The molecule has 0 saturated carbocycles. The number of carbonyl (C=O) groups is 1. The molecular weight excluding hydrogens is 398 g/mol. The van der Waals surface area contributed by atoms with E-state index in [1.807, 2.05) is 6.92 Å². The maximum absolute atomic E-state index is 12.7. The summed E-state index contributed by atoms with van der Waals surface area (Å²) in [4.78, 5) is 15.1. The third-order valence-corrected chi connectivity index (χ3v) is 6.26. The van der Waals surface area contributed by atoms with Gasteiger partial charge in [0.1, 0.15) is 0 Å². The molecule has 0 unspecified atom stereocenters. The van der Waals surface area contributed by atoms with Gasteiger partial charge in [0.15, 0.2) is 0 Å². The molecule has 2 aromatic carbocycles. The first kappa shape index (κ1) is 22.2. The normalized spacial score (nSPS) is 16.2. The highest BCUT2D eigenvalue weighted by Crippen LogP contribution is 2.25. The second kappa shape index (κ2) is 9.08. The van der Waals surface area contributed by atoms with Crippen LogP contribution >= 0.6 is 0 Å². The van der Waals surface area contributed by atoms with E-state index in [4.69, 9.17) is 0 Å². The highest BCUT2D eigenvalue weighted by atomic mass is 32.2. The van der Waals surface area contributed by atoms with Crippen LogP contribution in [-0.4, -0.2) is 33.7 Å². The third kappa shape index (κ3) is 5.75. The van der Waals surface area contributed by atoms with Crippen LogP contribution in [-0.2, 0) is 10.0 Å². The molecule has 1 amide bonds. The van der Waals surface area contributed by atoms with Crippen molar-refractivity contribution in [1.29, 1.82) is 0 Å². The zero-order valence-electron chi connectivity index (χ0n) is 18.1. The molecule has 1 aliphatic rings. The van der Waals surface area contributed by atoms with Crippen LogP contribution in [0.15, 0.2) is 42.5 Å². The smallest absolute Gasteiger partial charge is 0.251 e. The minimum absolute atomic E-state index is 0.137. The Morgan fingerprint density at radius 2 is 1.73 bits per heavy atom. The minimum Gasteiger partial charge on any atom is -0.372 e. The van der Waals surface area contributed by atoms with Crippen LogP contribution in [0.2, 0.25) is 0 Å². The Morgan fingerprint density at radius 3 is 2.30 bits per heavy atom. The van der Waals surface area contributed by atoms with Crippen molar-refractivity contribution < 1.29 is 13.2 Å². The molecule has 1 saturated heterocycles. The Kier molecular flexibility index (Phi) is 6.71. The van der Waals surface area contributed by atoms with Crippen LogP contribution in [0.4, 0.5) is 11.4 Å². The summed E-state index contributed by atoms with van der Waals surface area (Å²) in [5.41, 5.74) is 3.95. The van der Waals surface area contributed by atoms with Gasteiger partial charge < -0.3 is 10.2 Å². The molecule has 0 spiro atoms. The Labute approximate surface area is 179 Å². The van der Waals surface area contributed by atoms with Gasteiger partial charge >= 0.3 is 0 Å². The number of aryl methyl sites for hydroxylation is 1. The molecule has 1 atom stereocenters. The first-order valence-corrected chi connectivity index (χ1v) is 12.3. The first-order chi connectivity index (χ1) is 14.1. The number of piperidine rings is 1. The molecular formula is C23H31N3O3S. The second-order valence-electron chi connectivity index (χ2n) is 8.36. The fourth-order valence-electron chi connectivity index (χ4n) is 3.72. The monoisotopic (exact) mass is 429 g/mol. The topological polar surface area (TPSA) is 78.5 Å². The van der Waals surface area contributed by atoms with Crippen LogP contribution in [0, 0.1) is 12.8 Å². The molecule has 2 N–H and O–H groups in total. The fraction of sp³-hybridized carbons (Fsp3) is 0.435. The van der Waals surface area contributed by atoms with Gasteiger partial charge in [0.05, 0.1) is 18.0 Å². The second-order valence-corrected chi connectivity index (χ2v) is 10.1. The molecule has 0 radical (unpaired) electrons. The van der Waals surface area contributed by atoms with Gasteiger partial charge in [-0.1, -0.05) is 19.1 Å². The highest BCUT2D eigenvalue weighted by molar-refractivity contribution is 7.92. The molecule has 0 bridgehead atoms. The molecule has 1 aliphatic heterocycles. The number of hydrogen-bond donors (Lipinski definition) is 2. The van der Waals surface area contributed by atoms with E-state index in [0.717, 1.165) is 30.8 Å². The lowest BCUT2D eigenvalue weighted by Crippen LogP contribution is -2.32. The van der Waals surface area contributed by atoms with E-state index in [-0.39, 0.29) is 11.9 Å². The van der Waals surface area contributed by atoms with E-state index in [1.54, 1.807) is 25.1 Å². The molecule has 0 aliphatic carbocycles. The van der Waals surface area contributed by atoms with Crippen molar-refractivity contribution in [1.82, 2.24) is 5.32 Å². The largest absolute Gasteiger partial charge is 0.372 e. The van der Waals surface area contributed by atoms with Gasteiger partial charge in [-0.25, -0.2) is 8.42 Å². The average molecular weight is 430 g/mol. The summed E-state index contributed by atoms with van der Waals surface area (Å²) in [7, 11) is -3.36. The first-order valence-electron chi connectivity index (χ1n) is 10.4. The predicted octanol–water partition coefficient (Wildman–Crippen LogP) is 4.09. The third-order valence-electron chi connectivity index (χ3n) is 5.67. The number of benzene rings is 2. The summed E-state index contributed by atoms with van der Waals surface area (Å²) in [6, 6.07) is 13.2. The van der Waals surface area contributed by atoms with E-state index in [9.17, 15) is 13.2 Å². The summed E-state index contributed by atoms with van der Waals surface area (Å²) in [5.74, 6) is 0.612. The lowest BCUT2D eigenvalue weighted by Gasteiger charge is -2.32. The Hall–Kier alpha value is -2.54. The molecule has 162 valence electrons. The number of hydrogen-bond acceptors (Lipinski definition) is 4. The van der Waals surface area contributed by atoms with Gasteiger partial charge in [-0.15, -0.1) is 0 Å². The average Bonchev–Trinajstić information content (AvgIpc) is 2.69. The number of amides is 1. The number of carbonyl (C=O) groups excluding carboxylic acids is 1. The van der Waals surface area contributed by atoms with Crippen LogP contribution in [0.5, 0.6) is 0 Å². The van der Waals surface area contributed by atoms with E-state index in [1.165, 1.54) is 18.5 Å². The molecule has 1 heterocycles. The Balaban J connectivity index is 1.63. The SMILES string of the molecule is Cc1cc(C(=O)N[C@@H](C)c2ccc(N3CCC(C)CC3)cc2)ccc1NS(C)(=O)=O. The summed E-state index contributed by atoms with van der Waals surface area (Å²) < 4.78 is 25.3. The number of sulfonamides is 1. The highest BCUT2D eigenvalue weighted by Gasteiger charge is 2.17. The van der Waals surface area contributed by atoms with E-state index >= 15 is 0 Å². The van der Waals surface area contributed by atoms with Crippen molar-refractivity contribution in [3.63, 3.8) is 0 Å². The van der Waals surface area contributed by atoms with Crippen molar-refractivity contribution in [3.05, 3.63) is 59.2 Å². The maximum Gasteiger partial charge on any atom is 0.251 e. The van der Waals surface area contributed by atoms with Gasteiger partial charge in [0.2, 0.25) is 10.0 Å². The summed E-state index contributed by atoms with van der Waals surface area (Å²) in [6.45, 7) is 8.23. The molecule has 7 heteroatoms. The van der Waals surface area contributed by atoms with Crippen molar-refractivity contribution in [2.45, 2.75) is 39.7 Å². The number of rotatable bonds is 6. The van der Waals surface area contributed by atoms with E-state index in [2.05, 4.69) is 46.1 Å². The molecule has 6 nitrogen and oxygen atoms in total. The molecule has 30 heavy (non-hydrogen) atoms. The standard InChI is InChI=1S/C23H31N3O3S/c1-16-11-13-26(14-12-16)21-8-5-19(6-9-21)18(3)24-23(27)20-7-10-22(17(2)15-20)25-30(4,28)29/h5-10,15-16,18,25H,11-14H2,1-4H3,(H,24,27)/t18-/m0/s1. The van der Waals surface area contributed by atoms with Crippen molar-refractivity contribution in [2.24, 2.45) is 5.92 Å². The maximum atomic E-state index is 12.7. The zero-order valence-corrected chi connectivity index (χ0v) is 18.9. The molecule has 1 fully saturated rings. The lowest BCUT2D eigenvalue weighted by atomic mass is 9.98. The summed E-state index contributed by atoms with van der Waals surface area (Å²) in [6.07, 6.45) is 3.56. The van der Waals surface area contributed by atoms with E-state index in [0.29, 0.717) is 16.8 Å². The Bertz CT molecular complexity index is 995. The number of nitrogens with one attached hydrogen (secondary N) is 2. The number of anilines is 2. The van der Waals surface area contributed by atoms with Crippen LogP contribution in [0.25, 0.3) is 0 Å². The lowest BCUT2D eigenvalue weighted by molar-refractivity contribution is 0.0940. The summed E-state index contributed by atoms with van der Waals surface area (Å²) in [5, 5.41) is 3.02. The molecule has 0 aromatic heterocycles. The molecule has 3 rings (SSSR count). The molecule has 2 aromatic rings. The van der Waals surface area contributed by atoms with Crippen molar-refractivity contribution in [3.8, 4) is 0 Å². The quantitative estimate of drug-likeness (QED) is 0.725. The van der Waals surface area contributed by atoms with Gasteiger partial charge in [0, 0.05) is 24.3 Å². The van der Waals surface area contributed by atoms with Crippen LogP contribution in [0.3, 0.4) is 0 Å². The van der Waals surface area contributed by atoms with Gasteiger partial charge in [-0.3, -0.25) is 9.52 Å². The van der Waals surface area contributed by atoms with Gasteiger partial charge in [0.25, 0.3) is 5.91 Å². The summed E-state index contributed by atoms with van der Waals surface area (Å²) >= 11 is 0. The Morgan fingerprint density at radius 1 is 1.10 bits per heavy atom. The van der Waals surface area contributed by atoms with Gasteiger partial charge in [-0.2, -0.15) is 0 Å². The van der Waals surface area contributed by atoms with Crippen LogP contribution < -0.4 is 14.9 Å². The van der Waals surface area contributed by atoms with Crippen molar-refractivity contribution in [2.75, 3.05) is 29.0 Å². The van der Waals surface area contributed by atoms with Crippen LogP contribution in [0.1, 0.15) is 54.2 Å². The number of nitrogens with zero attached hydrogens (tertiary/aromatic N) is 1. The van der Waals surface area contributed by atoms with Gasteiger partial charge in [-0.05, 0) is 74.1 Å². The zero-order chi connectivity index (χ0) is 21.9. The van der Waals surface area contributed by atoms with E-state index < -0.39 is 10.0 Å². The predicted molar refractivity (Wildman–Crippen MR) is 123 cm³/mol. The minimum atomic E-state index is -3.36. The van der Waals surface area contributed by atoms with Crippen molar-refractivity contribution >= 4 is 27.3 Å².